The van der Waals surface area contributed by atoms with Crippen LogP contribution in [0.5, 0.6) is 0 Å². The quantitative estimate of drug-likeness (QED) is 0.0798. The summed E-state index contributed by atoms with van der Waals surface area (Å²) >= 11 is 3.30. The van der Waals surface area contributed by atoms with Crippen molar-refractivity contribution >= 4 is 69.5 Å². The largest absolute Gasteiger partial charge is 0.480 e. The second-order valence-electron chi connectivity index (χ2n) is 6.94. The zero-order valence-corrected chi connectivity index (χ0v) is 19.7. The third-order valence-corrected chi connectivity index (χ3v) is 7.83. The van der Waals surface area contributed by atoms with Gasteiger partial charge in [-0.25, -0.2) is 14.5 Å². The molecular weight excluding hydrogens is 526 g/mol. The minimum absolute atomic E-state index is 0.0306. The average Bonchev–Trinajstić information content (AvgIpc) is 3.43. The molecule has 0 aliphatic carbocycles. The molecule has 2 aliphatic heterocycles. The molecule has 19 heteroatoms. The van der Waals surface area contributed by atoms with E-state index in [-0.39, 0.29) is 33.2 Å². The number of anilines is 1. The van der Waals surface area contributed by atoms with Crippen molar-refractivity contribution in [2.75, 3.05) is 17.2 Å². The van der Waals surface area contributed by atoms with E-state index in [1.807, 2.05) is 0 Å². The van der Waals surface area contributed by atoms with Crippen molar-refractivity contribution in [3.8, 4) is 0 Å². The summed E-state index contributed by atoms with van der Waals surface area (Å²) in [4.78, 5) is 53.2. The molecular formula is C16H15N9O7S3. The van der Waals surface area contributed by atoms with Crippen LogP contribution in [0, 0.1) is 0 Å². The Hall–Kier alpha value is -3.71. The number of nitrogens with two attached hydrogens (primary N) is 1. The highest BCUT2D eigenvalue weighted by Gasteiger charge is 2.54. The maximum Gasteiger partial charge on any atom is 0.352 e. The van der Waals surface area contributed by atoms with E-state index in [9.17, 15) is 29.5 Å². The van der Waals surface area contributed by atoms with Gasteiger partial charge in [0.25, 0.3) is 11.8 Å². The van der Waals surface area contributed by atoms with E-state index in [0.29, 0.717) is 5.57 Å². The Balaban J connectivity index is 1.47. The Morgan fingerprint density at radius 1 is 1.34 bits per heavy atom. The van der Waals surface area contributed by atoms with Crippen LogP contribution in [0.4, 0.5) is 5.13 Å². The highest BCUT2D eigenvalue weighted by molar-refractivity contribution is 8.01. The van der Waals surface area contributed by atoms with Gasteiger partial charge in [-0.2, -0.15) is 0 Å². The lowest BCUT2D eigenvalue weighted by atomic mass is 10.0. The van der Waals surface area contributed by atoms with Crippen LogP contribution >= 0.6 is 34.9 Å². The average molecular weight is 542 g/mol. The molecule has 35 heavy (non-hydrogen) atoms. The Kier molecular flexibility index (Phi) is 6.89. The molecule has 184 valence electrons. The van der Waals surface area contributed by atoms with Gasteiger partial charge in [-0.1, -0.05) is 16.9 Å². The number of carboxylic acid groups (broad SMARTS) is 2. The zero-order chi connectivity index (χ0) is 25.3. The summed E-state index contributed by atoms with van der Waals surface area (Å²) in [5, 5.41) is 45.1. The number of nitrogen functional groups attached to an aromatic ring is 1. The number of nitrogens with one attached hydrogen (secondary N) is 1. The fourth-order valence-electron chi connectivity index (χ4n) is 3.29. The van der Waals surface area contributed by atoms with Crippen LogP contribution in [-0.4, -0.2) is 97.9 Å². The van der Waals surface area contributed by atoms with Gasteiger partial charge in [-0.3, -0.25) is 19.3 Å². The molecule has 2 atom stereocenters. The van der Waals surface area contributed by atoms with Gasteiger partial charge in [0.05, 0.1) is 0 Å². The summed E-state index contributed by atoms with van der Waals surface area (Å²) in [6.45, 7) is -0.463. The number of rotatable bonds is 9. The number of aromatic nitrogens is 5. The van der Waals surface area contributed by atoms with Gasteiger partial charge >= 0.3 is 11.9 Å². The number of carbonyl (C=O) groups excluding carboxylic acids is 2. The van der Waals surface area contributed by atoms with E-state index < -0.39 is 47.4 Å². The van der Waals surface area contributed by atoms with Gasteiger partial charge in [0, 0.05) is 16.9 Å². The minimum Gasteiger partial charge on any atom is -0.480 e. The highest BCUT2D eigenvalue weighted by Crippen LogP contribution is 2.41. The van der Waals surface area contributed by atoms with Gasteiger partial charge in [0.1, 0.15) is 29.4 Å². The van der Waals surface area contributed by atoms with E-state index in [1.54, 1.807) is 0 Å². The molecule has 0 aromatic carbocycles. The van der Waals surface area contributed by atoms with Crippen molar-refractivity contribution in [1.29, 1.82) is 0 Å². The summed E-state index contributed by atoms with van der Waals surface area (Å²) in [7, 11) is 0. The molecule has 1 saturated heterocycles. The smallest absolute Gasteiger partial charge is 0.352 e. The maximum atomic E-state index is 12.8. The molecule has 2 aromatic rings. The maximum absolute atomic E-state index is 12.8. The molecule has 0 spiro atoms. The highest BCUT2D eigenvalue weighted by atomic mass is 32.2. The lowest BCUT2D eigenvalue weighted by Gasteiger charge is -2.49. The molecule has 0 radical (unpaired) electrons. The van der Waals surface area contributed by atoms with Crippen molar-refractivity contribution in [2.24, 2.45) is 5.16 Å². The van der Waals surface area contributed by atoms with Crippen molar-refractivity contribution in [1.82, 2.24) is 35.4 Å². The number of β-lactam (4-membered cyclic amide) rings is 1. The number of amides is 2. The second-order valence-corrected chi connectivity index (χ2v) is 9.88. The first kappa shape index (κ1) is 24.4. The molecule has 2 aromatic heterocycles. The van der Waals surface area contributed by atoms with Gasteiger partial charge in [0.15, 0.2) is 10.8 Å². The van der Waals surface area contributed by atoms with E-state index in [1.165, 1.54) is 17.1 Å². The Bertz CT molecular complexity index is 1270. The van der Waals surface area contributed by atoms with Crippen LogP contribution in [0.25, 0.3) is 0 Å². The number of fused-ring (bicyclic) bond motifs is 1. The Labute approximate surface area is 207 Å². The number of aliphatic carboxylic acids is 2. The topological polar surface area (TPSA) is 239 Å². The second kappa shape index (κ2) is 9.88. The van der Waals surface area contributed by atoms with Gasteiger partial charge < -0.3 is 26.5 Å². The SMILES string of the molecule is Nc1nc(C(=NO)C(=O)NC2C(=O)N3C(C(=O)O)=C(CSc4nnnn4CC(=O)O)CS[C@@H]23)cs1. The van der Waals surface area contributed by atoms with Gasteiger partial charge in [-0.05, 0) is 16.0 Å². The first-order valence-electron chi connectivity index (χ1n) is 9.46. The van der Waals surface area contributed by atoms with Crippen LogP contribution in [0.15, 0.2) is 27.0 Å². The molecule has 0 saturated carbocycles. The Morgan fingerprint density at radius 2 is 2.11 bits per heavy atom. The number of carboxylic acids is 2. The van der Waals surface area contributed by atoms with Crippen LogP contribution in [0.3, 0.4) is 0 Å². The standard InChI is InChI=1S/C16H15N9O7S3/c17-15-18-6(4-34-15)8(21-32)11(28)19-9-12(29)25-10(14(30)31)5(2-33-13(9)25)3-35-16-20-22-23-24(16)1-7(26)27/h4,9,13,32H,1-3H2,(H2,17,18)(H,19,28)(H,26,27)(H,30,31)/t9?,13-/m0/s1. The van der Waals surface area contributed by atoms with E-state index in [0.717, 1.165) is 32.7 Å². The molecule has 6 N–H and O–H groups in total. The fraction of sp³-hybridized carbons (Fsp3) is 0.312. The summed E-state index contributed by atoms with van der Waals surface area (Å²) in [5.74, 6) is -3.68. The number of carbonyl (C=O) groups is 4. The fourth-order valence-corrected chi connectivity index (χ4v) is 6.20. The van der Waals surface area contributed by atoms with Crippen molar-refractivity contribution < 1.29 is 34.6 Å². The minimum atomic E-state index is -1.33. The predicted octanol–water partition coefficient (Wildman–Crippen LogP) is -1.49. The molecule has 4 heterocycles. The number of hydrogen-bond donors (Lipinski definition) is 5. The third kappa shape index (κ3) is 4.77. The number of nitrogens with zero attached hydrogens (tertiary/aromatic N) is 7. The van der Waals surface area contributed by atoms with Crippen LogP contribution in [0.2, 0.25) is 0 Å². The summed E-state index contributed by atoms with van der Waals surface area (Å²) < 4.78 is 1.06. The van der Waals surface area contributed by atoms with Crippen LogP contribution < -0.4 is 11.1 Å². The normalized spacial score (nSPS) is 19.8. The lowest BCUT2D eigenvalue weighted by molar-refractivity contribution is -0.150. The number of oxime groups is 1. The van der Waals surface area contributed by atoms with Crippen molar-refractivity contribution in [2.45, 2.75) is 23.1 Å². The number of tetrazole rings is 1. The van der Waals surface area contributed by atoms with Crippen molar-refractivity contribution in [3.63, 3.8) is 0 Å². The van der Waals surface area contributed by atoms with Gasteiger partial charge in [0.2, 0.25) is 5.16 Å². The van der Waals surface area contributed by atoms with E-state index >= 15 is 0 Å². The molecule has 16 nitrogen and oxygen atoms in total. The number of thiazole rings is 1. The van der Waals surface area contributed by atoms with Crippen LogP contribution in [-0.2, 0) is 25.7 Å². The Morgan fingerprint density at radius 3 is 2.74 bits per heavy atom. The van der Waals surface area contributed by atoms with E-state index in [4.69, 9.17) is 10.8 Å². The predicted molar refractivity (Wildman–Crippen MR) is 121 cm³/mol. The molecule has 2 aliphatic rings. The van der Waals surface area contributed by atoms with Crippen molar-refractivity contribution in [3.05, 3.63) is 22.3 Å². The van der Waals surface area contributed by atoms with Crippen LogP contribution in [0.1, 0.15) is 5.69 Å². The number of hydrogen-bond acceptors (Lipinski definition) is 14. The lowest BCUT2D eigenvalue weighted by Crippen LogP contribution is -2.71. The van der Waals surface area contributed by atoms with E-state index in [2.05, 4.69) is 31.0 Å². The molecule has 1 unspecified atom stereocenters. The number of thioether (sulfide) groups is 2. The molecule has 1 fully saturated rings. The molecule has 2 amide bonds. The van der Waals surface area contributed by atoms with Gasteiger partial charge in [-0.15, -0.1) is 28.2 Å². The monoisotopic (exact) mass is 541 g/mol. The third-order valence-electron chi connectivity index (χ3n) is 4.78. The molecule has 0 bridgehead atoms. The first-order valence-corrected chi connectivity index (χ1v) is 12.4. The summed E-state index contributed by atoms with van der Waals surface area (Å²) in [6.07, 6.45) is 0. The summed E-state index contributed by atoms with van der Waals surface area (Å²) in [6, 6.07) is -1.05. The zero-order valence-electron chi connectivity index (χ0n) is 17.3. The first-order chi connectivity index (χ1) is 16.7. The summed E-state index contributed by atoms with van der Waals surface area (Å²) in [5.41, 5.74) is 5.31. The molecule has 4 rings (SSSR count).